The minimum Gasteiger partial charge on any atom is -0.470 e. The first-order valence-electron chi connectivity index (χ1n) is 7.20. The van der Waals surface area contributed by atoms with Gasteiger partial charge in [-0.3, -0.25) is 9.89 Å². The van der Waals surface area contributed by atoms with Crippen LogP contribution in [0, 0.1) is 0 Å². The number of pyridine rings is 1. The zero-order chi connectivity index (χ0) is 16.1. The molecule has 6 heteroatoms. The molecular weight excluding hydrogens is 292 g/mol. The van der Waals surface area contributed by atoms with Crippen LogP contribution in [0.15, 0.2) is 61.1 Å². The fourth-order valence-electron chi connectivity index (χ4n) is 2.08. The number of amides is 1. The smallest absolute Gasteiger partial charge is 0.257 e. The number of rotatable bonds is 5. The maximum Gasteiger partial charge on any atom is 0.257 e. The van der Waals surface area contributed by atoms with E-state index in [-0.39, 0.29) is 12.0 Å². The zero-order valence-electron chi connectivity index (χ0n) is 12.6. The lowest BCUT2D eigenvalue weighted by Crippen LogP contribution is -2.12. The molecule has 0 unspecified atom stereocenters. The van der Waals surface area contributed by atoms with Crippen molar-refractivity contribution in [3.63, 3.8) is 0 Å². The highest BCUT2D eigenvalue weighted by atomic mass is 16.5. The summed E-state index contributed by atoms with van der Waals surface area (Å²) in [6.07, 6.45) is 4.51. The van der Waals surface area contributed by atoms with E-state index in [0.29, 0.717) is 17.1 Å². The van der Waals surface area contributed by atoms with Gasteiger partial charge in [0, 0.05) is 18.5 Å². The summed E-state index contributed by atoms with van der Waals surface area (Å²) < 4.78 is 5.78. The van der Waals surface area contributed by atoms with Crippen molar-refractivity contribution in [1.82, 2.24) is 15.2 Å². The van der Waals surface area contributed by atoms with Gasteiger partial charge in [0.2, 0.25) is 5.88 Å². The Balaban J connectivity index is 1.64. The third-order valence-corrected chi connectivity index (χ3v) is 3.32. The van der Waals surface area contributed by atoms with Crippen LogP contribution in [0.1, 0.15) is 28.9 Å². The van der Waals surface area contributed by atoms with Crippen LogP contribution in [0.2, 0.25) is 0 Å². The molecule has 0 fully saturated rings. The van der Waals surface area contributed by atoms with Crippen molar-refractivity contribution in [2.24, 2.45) is 0 Å². The minimum absolute atomic E-state index is 0.116. The van der Waals surface area contributed by atoms with Gasteiger partial charge in [0.1, 0.15) is 6.10 Å². The molecule has 3 rings (SSSR count). The quantitative estimate of drug-likeness (QED) is 0.758. The molecule has 0 radical (unpaired) electrons. The topological polar surface area (TPSA) is 79.9 Å². The normalized spacial score (nSPS) is 11.7. The van der Waals surface area contributed by atoms with Gasteiger partial charge in [-0.2, -0.15) is 5.10 Å². The third kappa shape index (κ3) is 3.74. The van der Waals surface area contributed by atoms with E-state index in [2.05, 4.69) is 20.5 Å². The molecule has 1 amide bonds. The summed E-state index contributed by atoms with van der Waals surface area (Å²) in [6, 6.07) is 13.2. The van der Waals surface area contributed by atoms with Crippen molar-refractivity contribution >= 4 is 11.6 Å². The van der Waals surface area contributed by atoms with E-state index in [1.807, 2.05) is 37.3 Å². The lowest BCUT2D eigenvalue weighted by molar-refractivity contribution is 0.102. The molecule has 1 atom stereocenters. The number of aromatic amines is 1. The molecule has 0 bridgehead atoms. The first kappa shape index (κ1) is 14.8. The molecule has 0 aliphatic rings. The Bertz CT molecular complexity index is 755. The summed E-state index contributed by atoms with van der Waals surface area (Å²) in [4.78, 5) is 16.2. The Morgan fingerprint density at radius 1 is 1.17 bits per heavy atom. The lowest BCUT2D eigenvalue weighted by Gasteiger charge is -2.14. The van der Waals surface area contributed by atoms with Gasteiger partial charge >= 0.3 is 0 Å². The Morgan fingerprint density at radius 2 is 2.00 bits per heavy atom. The first-order chi connectivity index (χ1) is 11.2. The van der Waals surface area contributed by atoms with Crippen LogP contribution in [0.4, 0.5) is 5.69 Å². The van der Waals surface area contributed by atoms with E-state index in [9.17, 15) is 4.79 Å². The third-order valence-electron chi connectivity index (χ3n) is 3.32. The molecule has 0 aliphatic carbocycles. The summed E-state index contributed by atoms with van der Waals surface area (Å²) in [5.74, 6) is 0.225. The van der Waals surface area contributed by atoms with Crippen molar-refractivity contribution < 1.29 is 9.53 Å². The van der Waals surface area contributed by atoms with Crippen LogP contribution in [-0.2, 0) is 0 Å². The van der Waals surface area contributed by atoms with Gasteiger partial charge in [-0.1, -0.05) is 30.3 Å². The monoisotopic (exact) mass is 308 g/mol. The number of carbonyl (C=O) groups is 1. The first-order valence-corrected chi connectivity index (χ1v) is 7.20. The summed E-state index contributed by atoms with van der Waals surface area (Å²) in [5, 5.41) is 9.11. The molecule has 2 heterocycles. The molecule has 1 aromatic carbocycles. The van der Waals surface area contributed by atoms with Gasteiger partial charge in [0.05, 0.1) is 17.4 Å². The number of ether oxygens (including phenoxy) is 1. The molecule has 0 saturated carbocycles. The molecule has 23 heavy (non-hydrogen) atoms. The number of aromatic nitrogens is 3. The van der Waals surface area contributed by atoms with Crippen molar-refractivity contribution in [2.45, 2.75) is 13.0 Å². The predicted molar refractivity (Wildman–Crippen MR) is 86.3 cm³/mol. The van der Waals surface area contributed by atoms with Crippen LogP contribution in [0.5, 0.6) is 5.88 Å². The molecule has 2 N–H and O–H groups in total. The maximum atomic E-state index is 12.0. The number of nitrogens with one attached hydrogen (secondary N) is 2. The minimum atomic E-state index is -0.249. The second-order valence-electron chi connectivity index (χ2n) is 5.00. The summed E-state index contributed by atoms with van der Waals surface area (Å²) in [7, 11) is 0. The molecule has 0 spiro atoms. The van der Waals surface area contributed by atoms with E-state index in [0.717, 1.165) is 5.56 Å². The van der Waals surface area contributed by atoms with Crippen LogP contribution < -0.4 is 10.1 Å². The van der Waals surface area contributed by atoms with Crippen LogP contribution in [-0.4, -0.2) is 21.1 Å². The molecule has 0 aliphatic heterocycles. The van der Waals surface area contributed by atoms with Crippen molar-refractivity contribution in [3.05, 3.63) is 72.2 Å². The molecule has 6 nitrogen and oxygen atoms in total. The number of anilines is 1. The van der Waals surface area contributed by atoms with E-state index in [1.165, 1.54) is 12.4 Å². The molecule has 3 aromatic rings. The number of hydrogen-bond donors (Lipinski definition) is 2. The molecule has 2 aromatic heterocycles. The molecular formula is C17H16N4O2. The SMILES string of the molecule is C[C@H](Oc1ccc(C(=O)Nc2cn[nH]c2)cn1)c1ccccc1. The summed E-state index contributed by atoms with van der Waals surface area (Å²) in [6.45, 7) is 1.95. The number of nitrogens with zero attached hydrogens (tertiary/aromatic N) is 2. The number of hydrogen-bond acceptors (Lipinski definition) is 4. The number of benzene rings is 1. The van der Waals surface area contributed by atoms with E-state index in [4.69, 9.17) is 4.74 Å². The average molecular weight is 308 g/mol. The van der Waals surface area contributed by atoms with Crippen molar-refractivity contribution in [1.29, 1.82) is 0 Å². The Morgan fingerprint density at radius 3 is 2.65 bits per heavy atom. The van der Waals surface area contributed by atoms with E-state index < -0.39 is 0 Å². The van der Waals surface area contributed by atoms with E-state index in [1.54, 1.807) is 18.3 Å². The van der Waals surface area contributed by atoms with Crippen LogP contribution in [0.25, 0.3) is 0 Å². The Hall–Kier alpha value is -3.15. The van der Waals surface area contributed by atoms with Gasteiger partial charge in [0.25, 0.3) is 5.91 Å². The van der Waals surface area contributed by atoms with E-state index >= 15 is 0 Å². The second kappa shape index (κ2) is 6.74. The highest BCUT2D eigenvalue weighted by molar-refractivity contribution is 6.03. The largest absolute Gasteiger partial charge is 0.470 e. The molecule has 116 valence electrons. The van der Waals surface area contributed by atoms with Crippen molar-refractivity contribution in [3.8, 4) is 5.88 Å². The zero-order valence-corrected chi connectivity index (χ0v) is 12.6. The van der Waals surface area contributed by atoms with Crippen LogP contribution in [0.3, 0.4) is 0 Å². The Kier molecular flexibility index (Phi) is 4.33. The highest BCUT2D eigenvalue weighted by Gasteiger charge is 2.10. The standard InChI is InChI=1S/C17H16N4O2/c1-12(13-5-3-2-4-6-13)23-16-8-7-14(9-18-16)17(22)21-15-10-19-20-11-15/h2-12H,1H3,(H,19,20)(H,21,22)/t12-/m0/s1. The lowest BCUT2D eigenvalue weighted by atomic mass is 10.1. The summed E-state index contributed by atoms with van der Waals surface area (Å²) in [5.41, 5.74) is 2.12. The average Bonchev–Trinajstić information content (AvgIpc) is 3.09. The Labute approximate surface area is 133 Å². The van der Waals surface area contributed by atoms with Crippen molar-refractivity contribution in [2.75, 3.05) is 5.32 Å². The summed E-state index contributed by atoms with van der Waals surface area (Å²) >= 11 is 0. The van der Waals surface area contributed by atoms with Gasteiger partial charge in [-0.25, -0.2) is 4.98 Å². The van der Waals surface area contributed by atoms with Gasteiger partial charge < -0.3 is 10.1 Å². The van der Waals surface area contributed by atoms with Crippen LogP contribution >= 0.6 is 0 Å². The number of H-pyrrole nitrogens is 1. The highest BCUT2D eigenvalue weighted by Crippen LogP contribution is 2.20. The second-order valence-corrected chi connectivity index (χ2v) is 5.00. The molecule has 0 saturated heterocycles. The fraction of sp³-hybridized carbons (Fsp3) is 0.118. The maximum absolute atomic E-state index is 12.0. The fourth-order valence-corrected chi connectivity index (χ4v) is 2.08. The van der Waals surface area contributed by atoms with Gasteiger partial charge in [-0.05, 0) is 18.6 Å². The number of carbonyl (C=O) groups excluding carboxylic acids is 1. The van der Waals surface area contributed by atoms with Gasteiger partial charge in [-0.15, -0.1) is 0 Å². The van der Waals surface area contributed by atoms with Gasteiger partial charge in [0.15, 0.2) is 0 Å². The predicted octanol–water partition coefficient (Wildman–Crippen LogP) is 3.20.